The predicted octanol–water partition coefficient (Wildman–Crippen LogP) is 1.45. The van der Waals surface area contributed by atoms with Crippen LogP contribution in [0.15, 0.2) is 30.3 Å². The zero-order valence-electron chi connectivity index (χ0n) is 13.3. The van der Waals surface area contributed by atoms with E-state index >= 15 is 0 Å². The number of hydrogen-bond acceptors (Lipinski definition) is 3. The number of rotatable bonds is 5. The third-order valence-electron chi connectivity index (χ3n) is 4.24. The first-order chi connectivity index (χ1) is 10.5. The van der Waals surface area contributed by atoms with E-state index in [0.717, 1.165) is 12.0 Å². The van der Waals surface area contributed by atoms with Gasteiger partial charge in [-0.3, -0.25) is 9.59 Å². The van der Waals surface area contributed by atoms with Gasteiger partial charge < -0.3 is 16.0 Å². The Morgan fingerprint density at radius 2 is 2.09 bits per heavy atom. The molecule has 1 fully saturated rings. The van der Waals surface area contributed by atoms with Crippen LogP contribution in [0.1, 0.15) is 37.8 Å². The zero-order valence-corrected chi connectivity index (χ0v) is 13.3. The molecule has 3 N–H and O–H groups in total. The fraction of sp³-hybridized carbons (Fsp3) is 0.529. The first-order valence-corrected chi connectivity index (χ1v) is 7.84. The van der Waals surface area contributed by atoms with Gasteiger partial charge in [0.25, 0.3) is 0 Å². The van der Waals surface area contributed by atoms with Crippen LogP contribution in [0.4, 0.5) is 0 Å². The van der Waals surface area contributed by atoms with Crippen molar-refractivity contribution in [1.29, 1.82) is 0 Å². The first-order valence-electron chi connectivity index (χ1n) is 7.84. The highest BCUT2D eigenvalue weighted by Crippen LogP contribution is 2.35. The lowest BCUT2D eigenvalue weighted by Crippen LogP contribution is -2.46. The molecule has 3 atom stereocenters. The Morgan fingerprint density at radius 1 is 1.41 bits per heavy atom. The third kappa shape index (κ3) is 3.85. The summed E-state index contributed by atoms with van der Waals surface area (Å²) >= 11 is 0. The number of carbonyl (C=O) groups is 2. The van der Waals surface area contributed by atoms with Gasteiger partial charge in [-0.05, 0) is 25.3 Å². The summed E-state index contributed by atoms with van der Waals surface area (Å²) in [5.74, 6) is -0.111. The van der Waals surface area contributed by atoms with Crippen LogP contribution in [0.3, 0.4) is 0 Å². The molecule has 2 amide bonds. The van der Waals surface area contributed by atoms with Gasteiger partial charge in [-0.1, -0.05) is 30.3 Å². The fourth-order valence-electron chi connectivity index (χ4n) is 2.97. The second-order valence-corrected chi connectivity index (χ2v) is 6.06. The molecule has 1 saturated heterocycles. The van der Waals surface area contributed by atoms with Crippen LogP contribution in [-0.4, -0.2) is 36.3 Å². The third-order valence-corrected chi connectivity index (χ3v) is 4.24. The van der Waals surface area contributed by atoms with Crippen LogP contribution in [0.5, 0.6) is 0 Å². The fourth-order valence-corrected chi connectivity index (χ4v) is 2.97. The smallest absolute Gasteiger partial charge is 0.225 e. The summed E-state index contributed by atoms with van der Waals surface area (Å²) < 4.78 is 0. The van der Waals surface area contributed by atoms with Crippen molar-refractivity contribution in [3.05, 3.63) is 35.9 Å². The van der Waals surface area contributed by atoms with Crippen molar-refractivity contribution < 1.29 is 9.59 Å². The van der Waals surface area contributed by atoms with Gasteiger partial charge in [0.15, 0.2) is 0 Å². The van der Waals surface area contributed by atoms with Crippen molar-refractivity contribution in [3.63, 3.8) is 0 Å². The summed E-state index contributed by atoms with van der Waals surface area (Å²) in [6.45, 7) is 2.50. The lowest BCUT2D eigenvalue weighted by molar-refractivity contribution is -0.141. The van der Waals surface area contributed by atoms with Crippen LogP contribution in [-0.2, 0) is 9.59 Å². The molecule has 0 aromatic heterocycles. The molecule has 1 heterocycles. The molecular weight excluding hydrogens is 278 g/mol. The van der Waals surface area contributed by atoms with Crippen LogP contribution in [0, 0.1) is 5.92 Å². The number of nitrogens with one attached hydrogen (secondary N) is 1. The van der Waals surface area contributed by atoms with Crippen LogP contribution >= 0.6 is 0 Å². The van der Waals surface area contributed by atoms with E-state index in [2.05, 4.69) is 5.32 Å². The lowest BCUT2D eigenvalue weighted by Gasteiger charge is -2.38. The molecule has 0 aliphatic carbocycles. The summed E-state index contributed by atoms with van der Waals surface area (Å²) in [4.78, 5) is 26.3. The van der Waals surface area contributed by atoms with Crippen molar-refractivity contribution in [2.45, 2.75) is 38.3 Å². The molecule has 1 aromatic carbocycles. The van der Waals surface area contributed by atoms with Gasteiger partial charge in [-0.15, -0.1) is 0 Å². The minimum absolute atomic E-state index is 0.00820. The highest BCUT2D eigenvalue weighted by Gasteiger charge is 2.38. The molecule has 0 spiro atoms. The molecule has 0 radical (unpaired) electrons. The van der Waals surface area contributed by atoms with Crippen molar-refractivity contribution in [2.75, 3.05) is 13.6 Å². The maximum atomic E-state index is 12.5. The highest BCUT2D eigenvalue weighted by molar-refractivity contribution is 5.84. The summed E-state index contributed by atoms with van der Waals surface area (Å²) in [7, 11) is 1.78. The van der Waals surface area contributed by atoms with Crippen LogP contribution < -0.4 is 11.1 Å². The lowest BCUT2D eigenvalue weighted by atomic mass is 9.84. The topological polar surface area (TPSA) is 75.4 Å². The van der Waals surface area contributed by atoms with Gasteiger partial charge in [0.2, 0.25) is 11.8 Å². The van der Waals surface area contributed by atoms with Crippen molar-refractivity contribution in [1.82, 2.24) is 10.2 Å². The van der Waals surface area contributed by atoms with Crippen molar-refractivity contribution >= 4 is 11.8 Å². The van der Waals surface area contributed by atoms with E-state index in [1.807, 2.05) is 37.3 Å². The van der Waals surface area contributed by atoms with Crippen molar-refractivity contribution in [2.24, 2.45) is 11.7 Å². The Morgan fingerprint density at radius 3 is 2.73 bits per heavy atom. The summed E-state index contributed by atoms with van der Waals surface area (Å²) in [6, 6.07) is 9.63. The molecule has 0 saturated carbocycles. The van der Waals surface area contributed by atoms with E-state index < -0.39 is 0 Å². The molecule has 1 aliphatic heterocycles. The van der Waals surface area contributed by atoms with Gasteiger partial charge in [-0.25, -0.2) is 0 Å². The molecule has 120 valence electrons. The van der Waals surface area contributed by atoms with E-state index in [9.17, 15) is 9.59 Å². The molecule has 1 aliphatic rings. The second-order valence-electron chi connectivity index (χ2n) is 6.06. The summed E-state index contributed by atoms with van der Waals surface area (Å²) in [6.07, 6.45) is 1.77. The molecule has 22 heavy (non-hydrogen) atoms. The monoisotopic (exact) mass is 303 g/mol. The molecule has 3 unspecified atom stereocenters. The van der Waals surface area contributed by atoms with E-state index in [0.29, 0.717) is 19.4 Å². The standard InChI is InChI=1S/C17H25N3O2/c1-12(18)10-11-19-17(22)14-8-9-15(21)20(2)16(14)13-6-4-3-5-7-13/h3-7,12,14,16H,8-11,18H2,1-2H3,(H,19,22). The average molecular weight is 303 g/mol. The zero-order chi connectivity index (χ0) is 16.1. The molecule has 5 nitrogen and oxygen atoms in total. The quantitative estimate of drug-likeness (QED) is 0.864. The number of amides is 2. The van der Waals surface area contributed by atoms with Gasteiger partial charge in [0.05, 0.1) is 12.0 Å². The first kappa shape index (κ1) is 16.5. The van der Waals surface area contributed by atoms with E-state index in [1.54, 1.807) is 11.9 Å². The second kappa shape index (κ2) is 7.40. The van der Waals surface area contributed by atoms with Crippen molar-refractivity contribution in [3.8, 4) is 0 Å². The van der Waals surface area contributed by atoms with E-state index in [4.69, 9.17) is 5.73 Å². The number of benzene rings is 1. The maximum absolute atomic E-state index is 12.5. The van der Waals surface area contributed by atoms with E-state index in [1.165, 1.54) is 0 Å². The SMILES string of the molecule is CC(N)CCNC(=O)C1CCC(=O)N(C)C1c1ccccc1. The number of hydrogen-bond donors (Lipinski definition) is 2. The maximum Gasteiger partial charge on any atom is 0.225 e. The Kier molecular flexibility index (Phi) is 5.55. The summed E-state index contributed by atoms with van der Waals surface area (Å²) in [5.41, 5.74) is 6.72. The Labute approximate surface area is 131 Å². The van der Waals surface area contributed by atoms with Gasteiger partial charge >= 0.3 is 0 Å². The summed E-state index contributed by atoms with van der Waals surface area (Å²) in [5, 5.41) is 2.96. The normalized spacial score (nSPS) is 23.2. The number of carbonyl (C=O) groups excluding carboxylic acids is 2. The minimum Gasteiger partial charge on any atom is -0.356 e. The Hall–Kier alpha value is -1.88. The number of nitrogens with two attached hydrogens (primary N) is 1. The largest absolute Gasteiger partial charge is 0.356 e. The number of likely N-dealkylation sites (tertiary alicyclic amines) is 1. The van der Waals surface area contributed by atoms with Gasteiger partial charge in [0, 0.05) is 26.1 Å². The Bertz CT molecular complexity index is 516. The Balaban J connectivity index is 2.13. The average Bonchev–Trinajstić information content (AvgIpc) is 2.50. The number of nitrogens with zero attached hydrogens (tertiary/aromatic N) is 1. The molecule has 1 aromatic rings. The molecular formula is C17H25N3O2. The van der Waals surface area contributed by atoms with Crippen LogP contribution in [0.25, 0.3) is 0 Å². The highest BCUT2D eigenvalue weighted by atomic mass is 16.2. The van der Waals surface area contributed by atoms with Gasteiger partial charge in [-0.2, -0.15) is 0 Å². The molecule has 0 bridgehead atoms. The van der Waals surface area contributed by atoms with Crippen LogP contribution in [0.2, 0.25) is 0 Å². The number of piperidine rings is 1. The van der Waals surface area contributed by atoms with E-state index in [-0.39, 0.29) is 29.8 Å². The minimum atomic E-state index is -0.210. The predicted molar refractivity (Wildman–Crippen MR) is 86.0 cm³/mol. The molecule has 2 rings (SSSR count). The molecule has 5 heteroatoms. The van der Waals surface area contributed by atoms with Gasteiger partial charge in [0.1, 0.15) is 0 Å².